The van der Waals surface area contributed by atoms with Crippen molar-refractivity contribution < 1.29 is 18.0 Å². The van der Waals surface area contributed by atoms with Crippen LogP contribution < -0.4 is 9.62 Å². The van der Waals surface area contributed by atoms with E-state index in [1.54, 1.807) is 30.1 Å². The van der Waals surface area contributed by atoms with E-state index in [0.29, 0.717) is 30.0 Å². The fourth-order valence-corrected chi connectivity index (χ4v) is 6.33. The van der Waals surface area contributed by atoms with Crippen molar-refractivity contribution >= 4 is 38.3 Å². The molecule has 1 heterocycles. The molecule has 4 rings (SSSR count). The minimum absolute atomic E-state index is 0.138. The van der Waals surface area contributed by atoms with Crippen LogP contribution in [0, 0.1) is 0 Å². The first-order chi connectivity index (χ1) is 16.4. The van der Waals surface area contributed by atoms with E-state index in [4.69, 9.17) is 0 Å². The molecule has 0 aromatic heterocycles. The van der Waals surface area contributed by atoms with Crippen LogP contribution in [-0.4, -0.2) is 44.8 Å². The molecule has 0 unspecified atom stereocenters. The van der Waals surface area contributed by atoms with Crippen LogP contribution in [0.15, 0.2) is 71.6 Å². The first kappa shape index (κ1) is 23.8. The van der Waals surface area contributed by atoms with Crippen LogP contribution in [0.3, 0.4) is 0 Å². The number of carbonyl (C=O) groups excluding carboxylic acids is 2. The average molecular weight is 480 g/mol. The third kappa shape index (κ3) is 4.37. The van der Waals surface area contributed by atoms with Crippen LogP contribution in [0.25, 0.3) is 10.8 Å². The molecule has 7 nitrogen and oxygen atoms in total. The predicted molar refractivity (Wildman–Crippen MR) is 133 cm³/mol. The second kappa shape index (κ2) is 9.85. The Morgan fingerprint density at radius 3 is 2.38 bits per heavy atom. The van der Waals surface area contributed by atoms with Gasteiger partial charge in [0.25, 0.3) is 10.0 Å². The van der Waals surface area contributed by atoms with Crippen molar-refractivity contribution in [3.05, 3.63) is 72.3 Å². The number of hydrogen-bond acceptors (Lipinski definition) is 4. The van der Waals surface area contributed by atoms with E-state index in [9.17, 15) is 18.0 Å². The van der Waals surface area contributed by atoms with Crippen LogP contribution >= 0.6 is 0 Å². The second-order valence-corrected chi connectivity index (χ2v) is 10.2. The molecule has 178 valence electrons. The Hall–Kier alpha value is -3.39. The van der Waals surface area contributed by atoms with Crippen molar-refractivity contribution in [3.8, 4) is 0 Å². The van der Waals surface area contributed by atoms with Gasteiger partial charge in [-0.3, -0.25) is 13.9 Å². The van der Waals surface area contributed by atoms with Gasteiger partial charge in [-0.2, -0.15) is 0 Å². The number of carbonyl (C=O) groups is 2. The molecule has 1 N–H and O–H groups in total. The summed E-state index contributed by atoms with van der Waals surface area (Å²) in [6.07, 6.45) is 0.965. The van der Waals surface area contributed by atoms with Crippen LogP contribution in [0.4, 0.5) is 5.69 Å². The zero-order valence-electron chi connectivity index (χ0n) is 19.4. The lowest BCUT2D eigenvalue weighted by molar-refractivity contribution is -0.141. The van der Waals surface area contributed by atoms with E-state index in [1.807, 2.05) is 55.5 Å². The number of rotatable bonds is 9. The molecule has 1 aliphatic heterocycles. The van der Waals surface area contributed by atoms with E-state index in [0.717, 1.165) is 16.3 Å². The number of hydrogen-bond donors (Lipinski definition) is 1. The van der Waals surface area contributed by atoms with Gasteiger partial charge >= 0.3 is 0 Å². The molecule has 1 aliphatic rings. The molecule has 0 spiro atoms. The lowest BCUT2D eigenvalue weighted by atomic mass is 10.1. The van der Waals surface area contributed by atoms with Crippen molar-refractivity contribution in [3.63, 3.8) is 0 Å². The first-order valence-corrected chi connectivity index (χ1v) is 12.9. The van der Waals surface area contributed by atoms with Crippen molar-refractivity contribution in [2.75, 3.05) is 17.9 Å². The Morgan fingerprint density at radius 1 is 1.00 bits per heavy atom. The third-order valence-electron chi connectivity index (χ3n) is 6.26. The van der Waals surface area contributed by atoms with Gasteiger partial charge < -0.3 is 10.2 Å². The summed E-state index contributed by atoms with van der Waals surface area (Å²) in [5.41, 5.74) is 1.58. The van der Waals surface area contributed by atoms with E-state index in [-0.39, 0.29) is 24.8 Å². The molecule has 3 aromatic rings. The summed E-state index contributed by atoms with van der Waals surface area (Å²) in [5.74, 6) is -0.386. The average Bonchev–Trinajstić information content (AvgIpc) is 3.07. The Kier molecular flexibility index (Phi) is 6.88. The Balaban J connectivity index is 1.51. The fraction of sp³-hybridized carbons (Fsp3) is 0.308. The molecule has 3 aromatic carbocycles. The van der Waals surface area contributed by atoms with Gasteiger partial charge in [-0.1, -0.05) is 61.5 Å². The van der Waals surface area contributed by atoms with Gasteiger partial charge in [0.2, 0.25) is 11.8 Å². The molecular formula is C26H29N3O4S. The second-order valence-electron chi connectivity index (χ2n) is 8.36. The number of benzene rings is 3. The maximum atomic E-state index is 13.3. The molecule has 34 heavy (non-hydrogen) atoms. The lowest BCUT2D eigenvalue weighted by Gasteiger charge is -2.30. The minimum atomic E-state index is -3.66. The van der Waals surface area contributed by atoms with Gasteiger partial charge in [0.05, 0.1) is 10.6 Å². The molecule has 8 heteroatoms. The Labute approximate surface area is 200 Å². The van der Waals surface area contributed by atoms with Gasteiger partial charge in [0.1, 0.15) is 6.04 Å². The van der Waals surface area contributed by atoms with Crippen molar-refractivity contribution in [2.24, 2.45) is 0 Å². The lowest BCUT2D eigenvalue weighted by Crippen LogP contribution is -2.48. The van der Waals surface area contributed by atoms with Crippen LogP contribution in [0.2, 0.25) is 0 Å². The summed E-state index contributed by atoms with van der Waals surface area (Å²) >= 11 is 0. The Morgan fingerprint density at radius 2 is 1.71 bits per heavy atom. The van der Waals surface area contributed by atoms with Gasteiger partial charge in [-0.05, 0) is 35.9 Å². The predicted octanol–water partition coefficient (Wildman–Crippen LogP) is 3.68. The summed E-state index contributed by atoms with van der Waals surface area (Å²) in [6.45, 7) is 2.38. The molecule has 1 atom stereocenters. The fourth-order valence-electron chi connectivity index (χ4n) is 4.58. The van der Waals surface area contributed by atoms with E-state index in [1.165, 1.54) is 4.31 Å². The molecule has 0 radical (unpaired) electrons. The smallest absolute Gasteiger partial charge is 0.265 e. The highest BCUT2D eigenvalue weighted by Crippen LogP contribution is 2.42. The molecule has 0 saturated carbocycles. The number of nitrogens with one attached hydrogen (secondary N) is 1. The zero-order valence-corrected chi connectivity index (χ0v) is 20.2. The number of sulfonamides is 1. The molecule has 0 saturated heterocycles. The third-order valence-corrected chi connectivity index (χ3v) is 8.12. The summed E-state index contributed by atoms with van der Waals surface area (Å²) in [7, 11) is -2.10. The van der Waals surface area contributed by atoms with E-state index >= 15 is 0 Å². The topological polar surface area (TPSA) is 86.8 Å². The zero-order chi connectivity index (χ0) is 24.3. The van der Waals surface area contributed by atoms with Crippen LogP contribution in [0.5, 0.6) is 0 Å². The van der Waals surface area contributed by atoms with E-state index in [2.05, 4.69) is 5.32 Å². The Bertz CT molecular complexity index is 1300. The maximum absolute atomic E-state index is 13.3. The standard InChI is InChI=1S/C26H29N3O4S/c1-3-21(26(31)27-2)28(18-19-10-5-4-6-11-19)24(30)16-9-17-29-22-14-7-12-20-13-8-15-23(25(20)22)34(29,32)33/h4-8,10-15,21H,3,9,16-18H2,1-2H3,(H,27,31)/t21-/m1/s1. The van der Waals surface area contributed by atoms with Crippen LogP contribution in [-0.2, 0) is 26.2 Å². The molecule has 0 fully saturated rings. The summed E-state index contributed by atoms with van der Waals surface area (Å²) < 4.78 is 27.8. The number of amides is 2. The highest BCUT2D eigenvalue weighted by molar-refractivity contribution is 7.93. The SMILES string of the molecule is CC[C@H](C(=O)NC)N(Cc1ccccc1)C(=O)CCCN1c2cccc3cccc(c23)S1(=O)=O. The van der Waals surface area contributed by atoms with Gasteiger partial charge in [0.15, 0.2) is 0 Å². The highest BCUT2D eigenvalue weighted by atomic mass is 32.2. The van der Waals surface area contributed by atoms with Crippen molar-refractivity contribution in [1.82, 2.24) is 10.2 Å². The minimum Gasteiger partial charge on any atom is -0.357 e. The number of anilines is 1. The number of nitrogens with zero attached hydrogens (tertiary/aromatic N) is 2. The largest absolute Gasteiger partial charge is 0.357 e. The summed E-state index contributed by atoms with van der Waals surface area (Å²) in [5, 5.41) is 4.26. The van der Waals surface area contributed by atoms with Gasteiger partial charge in [-0.25, -0.2) is 8.42 Å². The monoisotopic (exact) mass is 479 g/mol. The normalized spacial score (nSPS) is 14.7. The number of likely N-dealkylation sites (N-methyl/N-ethyl adjacent to an activating group) is 1. The van der Waals surface area contributed by atoms with Gasteiger partial charge in [0, 0.05) is 31.9 Å². The van der Waals surface area contributed by atoms with Gasteiger partial charge in [-0.15, -0.1) is 0 Å². The first-order valence-electron chi connectivity index (χ1n) is 11.5. The summed E-state index contributed by atoms with van der Waals surface area (Å²) in [4.78, 5) is 27.7. The highest BCUT2D eigenvalue weighted by Gasteiger charge is 2.35. The van der Waals surface area contributed by atoms with Crippen molar-refractivity contribution in [2.45, 2.75) is 43.7 Å². The maximum Gasteiger partial charge on any atom is 0.265 e. The molecule has 2 amide bonds. The molecule has 0 bridgehead atoms. The molecular weight excluding hydrogens is 450 g/mol. The summed E-state index contributed by atoms with van der Waals surface area (Å²) in [6, 6.07) is 19.8. The van der Waals surface area contributed by atoms with E-state index < -0.39 is 16.1 Å². The van der Waals surface area contributed by atoms with Crippen LogP contribution in [0.1, 0.15) is 31.7 Å². The van der Waals surface area contributed by atoms with Crippen molar-refractivity contribution in [1.29, 1.82) is 0 Å². The quantitative estimate of drug-likeness (QED) is 0.507. The molecule has 0 aliphatic carbocycles.